The molecular formula is C24H29BFN5O2. The van der Waals surface area contributed by atoms with Crippen LogP contribution in [0.15, 0.2) is 36.8 Å². The number of nitrogens with zero attached hydrogens (tertiary/aromatic N) is 5. The van der Waals surface area contributed by atoms with E-state index < -0.39 is 18.3 Å². The fraction of sp³-hybridized carbons (Fsp3) is 0.458. The first-order chi connectivity index (χ1) is 15.6. The maximum Gasteiger partial charge on any atom is 0.494 e. The Kier molecular flexibility index (Phi) is 5.38. The van der Waals surface area contributed by atoms with E-state index in [9.17, 15) is 0 Å². The molecule has 2 aliphatic heterocycles. The topological polar surface area (TPSA) is 63.6 Å². The number of likely N-dealkylation sites (N-methyl/N-ethyl adjacent to an activating group) is 1. The molecule has 0 radical (unpaired) electrons. The van der Waals surface area contributed by atoms with Crippen molar-refractivity contribution < 1.29 is 13.7 Å². The Labute approximate surface area is 194 Å². The lowest BCUT2D eigenvalue weighted by Crippen LogP contribution is -2.45. The zero-order chi connectivity index (χ0) is 23.4. The summed E-state index contributed by atoms with van der Waals surface area (Å²) in [5.74, 6) is 0.0500. The molecule has 0 amide bonds. The van der Waals surface area contributed by atoms with E-state index in [0.29, 0.717) is 17.1 Å². The van der Waals surface area contributed by atoms with Gasteiger partial charge in [0.25, 0.3) is 0 Å². The van der Waals surface area contributed by atoms with Crippen LogP contribution in [0, 0.1) is 5.82 Å². The van der Waals surface area contributed by atoms with E-state index in [0.717, 1.165) is 42.5 Å². The number of fused-ring (bicyclic) bond motifs is 1. The van der Waals surface area contributed by atoms with Crippen molar-refractivity contribution in [1.82, 2.24) is 19.9 Å². The maximum atomic E-state index is 15.1. The molecule has 0 unspecified atom stereocenters. The second-order valence-electron chi connectivity index (χ2n) is 9.91. The van der Waals surface area contributed by atoms with E-state index >= 15 is 4.39 Å². The molecule has 0 N–H and O–H groups in total. The van der Waals surface area contributed by atoms with E-state index in [1.54, 1.807) is 6.20 Å². The summed E-state index contributed by atoms with van der Waals surface area (Å²) in [6.07, 6.45) is 3.19. The van der Waals surface area contributed by atoms with Crippen LogP contribution >= 0.6 is 0 Å². The third-order valence-corrected chi connectivity index (χ3v) is 7.08. The molecule has 2 saturated heterocycles. The molecule has 7 nitrogen and oxygen atoms in total. The first-order valence-electron chi connectivity index (χ1n) is 11.3. The number of hydrogen-bond donors (Lipinski definition) is 0. The van der Waals surface area contributed by atoms with Crippen molar-refractivity contribution in [2.24, 2.45) is 0 Å². The monoisotopic (exact) mass is 449 g/mol. The van der Waals surface area contributed by atoms with E-state index in [2.05, 4.69) is 26.9 Å². The van der Waals surface area contributed by atoms with Gasteiger partial charge in [0.2, 0.25) is 0 Å². The van der Waals surface area contributed by atoms with Crippen molar-refractivity contribution in [2.45, 2.75) is 38.9 Å². The smallest absolute Gasteiger partial charge is 0.399 e. The summed E-state index contributed by atoms with van der Waals surface area (Å²) < 4.78 is 27.5. The van der Waals surface area contributed by atoms with Gasteiger partial charge in [-0.1, -0.05) is 12.1 Å². The Morgan fingerprint density at radius 3 is 2.30 bits per heavy atom. The van der Waals surface area contributed by atoms with Crippen molar-refractivity contribution >= 4 is 29.3 Å². The Bertz CT molecular complexity index is 1180. The van der Waals surface area contributed by atoms with E-state index in [4.69, 9.17) is 9.31 Å². The first kappa shape index (κ1) is 22.2. The molecular weight excluding hydrogens is 420 g/mol. The van der Waals surface area contributed by atoms with Crippen molar-refractivity contribution in [2.75, 3.05) is 38.1 Å². The van der Waals surface area contributed by atoms with Gasteiger partial charge in [0.05, 0.1) is 22.4 Å². The van der Waals surface area contributed by atoms with Gasteiger partial charge in [0, 0.05) is 43.3 Å². The fourth-order valence-electron chi connectivity index (χ4n) is 4.24. The van der Waals surface area contributed by atoms with Crippen molar-refractivity contribution in [1.29, 1.82) is 0 Å². The van der Waals surface area contributed by atoms with Gasteiger partial charge in [-0.25, -0.2) is 19.3 Å². The van der Waals surface area contributed by atoms with Gasteiger partial charge in [-0.2, -0.15) is 0 Å². The highest BCUT2D eigenvalue weighted by atomic mass is 19.1. The highest BCUT2D eigenvalue weighted by Crippen LogP contribution is 2.37. The van der Waals surface area contributed by atoms with E-state index in [1.807, 2.05) is 50.8 Å². The highest BCUT2D eigenvalue weighted by Gasteiger charge is 2.51. The van der Waals surface area contributed by atoms with Gasteiger partial charge in [-0.3, -0.25) is 0 Å². The predicted octanol–water partition coefficient (Wildman–Crippen LogP) is 2.88. The molecule has 0 bridgehead atoms. The lowest BCUT2D eigenvalue weighted by molar-refractivity contribution is 0.00578. The third kappa shape index (κ3) is 3.98. The predicted molar refractivity (Wildman–Crippen MR) is 128 cm³/mol. The quantitative estimate of drug-likeness (QED) is 0.570. The summed E-state index contributed by atoms with van der Waals surface area (Å²) in [5, 5.41) is 0.804. The standard InChI is InChI=1S/C24H29BFN5O2/c1-23(2)24(3,4)33-25(32-23)17-6-7-20-18(13-17)21(29-15-28-20)16-12-19(26)22(27-14-16)31-10-8-30(5)9-11-31/h6-7,12-15H,8-11H2,1-5H3. The molecule has 9 heteroatoms. The lowest BCUT2D eigenvalue weighted by Gasteiger charge is -2.33. The minimum Gasteiger partial charge on any atom is -0.399 e. The first-order valence-corrected chi connectivity index (χ1v) is 11.3. The highest BCUT2D eigenvalue weighted by molar-refractivity contribution is 6.62. The molecule has 3 aromatic rings. The molecule has 5 rings (SSSR count). The normalized spacial score (nSPS) is 20.5. The molecule has 33 heavy (non-hydrogen) atoms. The number of pyridine rings is 1. The van der Waals surface area contributed by atoms with Crippen LogP contribution in [-0.4, -0.2) is 71.4 Å². The van der Waals surface area contributed by atoms with Gasteiger partial charge >= 0.3 is 7.12 Å². The number of aromatic nitrogens is 3. The van der Waals surface area contributed by atoms with Crippen molar-refractivity contribution in [3.8, 4) is 11.3 Å². The van der Waals surface area contributed by atoms with Crippen LogP contribution in [0.25, 0.3) is 22.2 Å². The van der Waals surface area contributed by atoms with Crippen LogP contribution in [0.2, 0.25) is 0 Å². The Morgan fingerprint density at radius 2 is 1.64 bits per heavy atom. The number of halogens is 1. The van der Waals surface area contributed by atoms with Crippen molar-refractivity contribution in [3.05, 3.63) is 42.6 Å². The zero-order valence-corrected chi connectivity index (χ0v) is 19.8. The van der Waals surface area contributed by atoms with Crippen LogP contribution in [0.3, 0.4) is 0 Å². The maximum absolute atomic E-state index is 15.1. The van der Waals surface area contributed by atoms with Crippen LogP contribution in [0.5, 0.6) is 0 Å². The number of rotatable bonds is 3. The molecule has 0 atom stereocenters. The molecule has 2 fully saturated rings. The van der Waals surface area contributed by atoms with Crippen LogP contribution in [0.1, 0.15) is 27.7 Å². The van der Waals surface area contributed by atoms with Gasteiger partial charge in [-0.15, -0.1) is 0 Å². The third-order valence-electron chi connectivity index (χ3n) is 7.08. The second-order valence-corrected chi connectivity index (χ2v) is 9.91. The fourth-order valence-corrected chi connectivity index (χ4v) is 4.24. The van der Waals surface area contributed by atoms with E-state index in [1.165, 1.54) is 12.4 Å². The van der Waals surface area contributed by atoms with Gasteiger partial charge in [0.1, 0.15) is 6.33 Å². The van der Waals surface area contributed by atoms with Gasteiger partial charge < -0.3 is 19.1 Å². The van der Waals surface area contributed by atoms with Crippen LogP contribution < -0.4 is 10.4 Å². The lowest BCUT2D eigenvalue weighted by atomic mass is 9.78. The average Bonchev–Trinajstić information content (AvgIpc) is 3.00. The summed E-state index contributed by atoms with van der Waals surface area (Å²) in [6, 6.07) is 7.36. The van der Waals surface area contributed by atoms with E-state index in [-0.39, 0.29) is 5.82 Å². The molecule has 172 valence electrons. The molecule has 2 aliphatic rings. The number of benzene rings is 1. The van der Waals surface area contributed by atoms with Crippen LogP contribution in [-0.2, 0) is 9.31 Å². The second kappa shape index (κ2) is 8.00. The number of hydrogen-bond acceptors (Lipinski definition) is 7. The molecule has 0 saturated carbocycles. The molecule has 2 aromatic heterocycles. The SMILES string of the molecule is CN1CCN(c2ncc(-c3ncnc4ccc(B5OC(C)(C)C(C)(C)O5)cc34)cc2F)CC1. The Hall–Kier alpha value is -2.62. The Balaban J connectivity index is 1.50. The summed E-state index contributed by atoms with van der Waals surface area (Å²) in [7, 11) is 1.57. The zero-order valence-electron chi connectivity index (χ0n) is 19.8. The van der Waals surface area contributed by atoms with Crippen LogP contribution in [0.4, 0.5) is 10.2 Å². The van der Waals surface area contributed by atoms with Gasteiger partial charge in [0.15, 0.2) is 11.6 Å². The number of anilines is 1. The summed E-state index contributed by atoms with van der Waals surface area (Å²) >= 11 is 0. The minimum absolute atomic E-state index is 0.342. The summed E-state index contributed by atoms with van der Waals surface area (Å²) in [4.78, 5) is 17.6. The molecule has 0 spiro atoms. The Morgan fingerprint density at radius 1 is 0.939 bits per heavy atom. The minimum atomic E-state index is -0.498. The molecule has 1 aromatic carbocycles. The summed E-state index contributed by atoms with van der Waals surface area (Å²) in [6.45, 7) is 11.4. The van der Waals surface area contributed by atoms with Gasteiger partial charge in [-0.05, 0) is 52.3 Å². The summed E-state index contributed by atoms with van der Waals surface area (Å²) in [5.41, 5.74) is 2.02. The molecule has 0 aliphatic carbocycles. The van der Waals surface area contributed by atoms with Crippen molar-refractivity contribution in [3.63, 3.8) is 0 Å². The molecule has 4 heterocycles. The number of piperazine rings is 1. The largest absolute Gasteiger partial charge is 0.494 e. The average molecular weight is 449 g/mol.